The molecule has 2 aromatic rings. The summed E-state index contributed by atoms with van der Waals surface area (Å²) in [5.74, 6) is -0.888. The highest BCUT2D eigenvalue weighted by Crippen LogP contribution is 2.36. The van der Waals surface area contributed by atoms with Crippen molar-refractivity contribution < 1.29 is 28.9 Å². The van der Waals surface area contributed by atoms with E-state index in [1.807, 2.05) is 30.3 Å². The number of hydrogen-bond acceptors (Lipinski definition) is 8. The number of aliphatic carboxylic acids is 1. The Bertz CT molecular complexity index is 1040. The Balaban J connectivity index is 1.89. The number of benzene rings is 2. The van der Waals surface area contributed by atoms with Crippen LogP contribution in [0.2, 0.25) is 0 Å². The minimum Gasteiger partial charge on any atom is -0.546 e. The van der Waals surface area contributed by atoms with Crippen molar-refractivity contribution in [2.75, 3.05) is 27.4 Å². The van der Waals surface area contributed by atoms with Crippen molar-refractivity contribution in [1.82, 2.24) is 4.90 Å². The van der Waals surface area contributed by atoms with Crippen LogP contribution in [0, 0.1) is 0 Å². The average molecular weight is 456 g/mol. The van der Waals surface area contributed by atoms with Gasteiger partial charge in [-0.2, -0.15) is 0 Å². The third kappa shape index (κ3) is 5.68. The lowest BCUT2D eigenvalue weighted by molar-refractivity contribution is -0.312. The third-order valence-corrected chi connectivity index (χ3v) is 5.52. The molecule has 1 atom stereocenters. The predicted octanol–water partition coefficient (Wildman–Crippen LogP) is 2.46. The maximum Gasteiger partial charge on any atom is 0.266 e. The molecule has 168 valence electrons. The summed E-state index contributed by atoms with van der Waals surface area (Å²) in [5, 5.41) is 11.5. The minimum atomic E-state index is -1.33. The molecule has 0 spiro atoms. The van der Waals surface area contributed by atoms with Gasteiger partial charge in [0.2, 0.25) is 0 Å². The minimum absolute atomic E-state index is 0.174. The van der Waals surface area contributed by atoms with Gasteiger partial charge < -0.3 is 24.1 Å². The summed E-state index contributed by atoms with van der Waals surface area (Å²) in [6.07, 6.45) is 0.598. The SMILES string of the molecule is COCCN1C(=O)/C(=C/c2ccc(O[C@@H](C)C(=O)[O-])c(OC)c2)SC1=Nc1ccccc1. The number of carbonyl (C=O) groups is 2. The Hall–Kier alpha value is -3.30. The number of nitrogens with zero attached hydrogens (tertiary/aromatic N) is 2. The third-order valence-electron chi connectivity index (χ3n) is 4.51. The van der Waals surface area contributed by atoms with Crippen LogP contribution < -0.4 is 14.6 Å². The van der Waals surface area contributed by atoms with E-state index >= 15 is 0 Å². The lowest BCUT2D eigenvalue weighted by Gasteiger charge is -2.17. The molecule has 0 aliphatic carbocycles. The van der Waals surface area contributed by atoms with Crippen molar-refractivity contribution in [2.45, 2.75) is 13.0 Å². The molecule has 1 fully saturated rings. The zero-order valence-electron chi connectivity index (χ0n) is 17.9. The molecule has 1 saturated heterocycles. The molecule has 3 rings (SSSR count). The van der Waals surface area contributed by atoms with Crippen molar-refractivity contribution in [3.05, 3.63) is 59.0 Å². The molecule has 1 heterocycles. The Kier molecular flexibility index (Phi) is 7.91. The normalized spacial score (nSPS) is 17.1. The van der Waals surface area contributed by atoms with Gasteiger partial charge in [0.15, 0.2) is 16.7 Å². The largest absolute Gasteiger partial charge is 0.546 e. The van der Waals surface area contributed by atoms with Crippen LogP contribution in [0.5, 0.6) is 11.5 Å². The molecule has 1 aliphatic heterocycles. The predicted molar refractivity (Wildman–Crippen MR) is 121 cm³/mol. The Morgan fingerprint density at radius 1 is 1.19 bits per heavy atom. The molecular formula is C23H23N2O6S-. The highest BCUT2D eigenvalue weighted by Gasteiger charge is 2.33. The van der Waals surface area contributed by atoms with E-state index in [1.165, 1.54) is 25.8 Å². The Morgan fingerprint density at radius 2 is 1.94 bits per heavy atom. The van der Waals surface area contributed by atoms with Gasteiger partial charge >= 0.3 is 0 Å². The number of rotatable bonds is 9. The van der Waals surface area contributed by atoms with Gasteiger partial charge in [-0.3, -0.25) is 9.69 Å². The van der Waals surface area contributed by atoms with Crippen LogP contribution in [-0.4, -0.2) is 55.4 Å². The second kappa shape index (κ2) is 10.8. The monoisotopic (exact) mass is 455 g/mol. The Morgan fingerprint density at radius 3 is 2.59 bits per heavy atom. The molecule has 1 amide bonds. The topological polar surface area (TPSA) is 100 Å². The van der Waals surface area contributed by atoms with Crippen molar-refractivity contribution in [3.8, 4) is 11.5 Å². The quantitative estimate of drug-likeness (QED) is 0.536. The van der Waals surface area contributed by atoms with Crippen LogP contribution in [0.15, 0.2) is 58.4 Å². The number of aliphatic imine (C=N–C) groups is 1. The fourth-order valence-corrected chi connectivity index (χ4v) is 3.87. The van der Waals surface area contributed by atoms with Gasteiger partial charge in [-0.1, -0.05) is 24.3 Å². The summed E-state index contributed by atoms with van der Waals surface area (Å²) >= 11 is 1.27. The van der Waals surface area contributed by atoms with E-state index in [9.17, 15) is 14.7 Å². The van der Waals surface area contributed by atoms with Crippen molar-refractivity contribution in [3.63, 3.8) is 0 Å². The number of amides is 1. The highest BCUT2D eigenvalue weighted by molar-refractivity contribution is 8.18. The zero-order valence-corrected chi connectivity index (χ0v) is 18.8. The number of carboxylic acids is 1. The molecule has 1 aliphatic rings. The first-order chi connectivity index (χ1) is 15.4. The second-order valence-corrected chi connectivity index (χ2v) is 7.79. The van der Waals surface area contributed by atoms with Crippen LogP contribution in [-0.2, 0) is 14.3 Å². The smallest absolute Gasteiger partial charge is 0.266 e. The first-order valence-electron chi connectivity index (χ1n) is 9.82. The summed E-state index contributed by atoms with van der Waals surface area (Å²) < 4.78 is 15.8. The van der Waals surface area contributed by atoms with Crippen LogP contribution in [0.25, 0.3) is 6.08 Å². The van der Waals surface area contributed by atoms with Crippen molar-refractivity contribution in [1.29, 1.82) is 0 Å². The molecule has 0 radical (unpaired) electrons. The summed E-state index contributed by atoms with van der Waals surface area (Å²) in [7, 11) is 3.03. The van der Waals surface area contributed by atoms with Crippen LogP contribution in [0.3, 0.4) is 0 Å². The molecule has 8 nitrogen and oxygen atoms in total. The molecule has 0 unspecified atom stereocenters. The summed E-state index contributed by atoms with van der Waals surface area (Å²) in [4.78, 5) is 30.7. The number of methoxy groups -OCH3 is 2. The van der Waals surface area contributed by atoms with Gasteiger partial charge in [0.1, 0.15) is 6.10 Å². The van der Waals surface area contributed by atoms with E-state index in [2.05, 4.69) is 4.99 Å². The number of carbonyl (C=O) groups excluding carboxylic acids is 2. The molecule has 2 aromatic carbocycles. The van der Waals surface area contributed by atoms with Crippen molar-refractivity contribution >= 4 is 40.6 Å². The molecular weight excluding hydrogens is 432 g/mol. The molecule has 0 saturated carbocycles. The Labute approximate surface area is 190 Å². The number of carboxylic acid groups (broad SMARTS) is 1. The van der Waals surface area contributed by atoms with E-state index in [1.54, 1.807) is 36.3 Å². The first kappa shape index (κ1) is 23.4. The highest BCUT2D eigenvalue weighted by atomic mass is 32.2. The fourth-order valence-electron chi connectivity index (χ4n) is 2.85. The van der Waals surface area contributed by atoms with Crippen LogP contribution >= 0.6 is 11.8 Å². The van der Waals surface area contributed by atoms with Gasteiger partial charge in [-0.25, -0.2) is 4.99 Å². The maximum absolute atomic E-state index is 13.0. The number of hydrogen-bond donors (Lipinski definition) is 0. The zero-order chi connectivity index (χ0) is 23.1. The standard InChI is InChI=1S/C23H24N2O6S/c1-15(22(27)28)31-18-10-9-16(13-19(18)30-3)14-20-21(26)25(11-12-29-2)23(32-20)24-17-7-5-4-6-8-17/h4-10,13-15H,11-12H2,1-3H3,(H,27,28)/p-1/b20-14-,24-23?/t15-/m0/s1. The number of para-hydroxylation sites is 1. The molecule has 0 N–H and O–H groups in total. The van der Waals surface area contributed by atoms with E-state index < -0.39 is 12.1 Å². The van der Waals surface area contributed by atoms with Gasteiger partial charge in [-0.05, 0) is 54.6 Å². The molecule has 0 bridgehead atoms. The second-order valence-electron chi connectivity index (χ2n) is 6.78. The lowest BCUT2D eigenvalue weighted by Crippen LogP contribution is -2.37. The summed E-state index contributed by atoms with van der Waals surface area (Å²) in [5.41, 5.74) is 1.44. The lowest BCUT2D eigenvalue weighted by atomic mass is 10.2. The van der Waals surface area contributed by atoms with Gasteiger partial charge in [0.25, 0.3) is 5.91 Å². The number of ether oxygens (including phenoxy) is 3. The molecule has 32 heavy (non-hydrogen) atoms. The molecule has 9 heteroatoms. The van der Waals surface area contributed by atoms with Gasteiger partial charge in [-0.15, -0.1) is 0 Å². The van der Waals surface area contributed by atoms with Gasteiger partial charge in [0.05, 0.1) is 36.8 Å². The van der Waals surface area contributed by atoms with Crippen LogP contribution in [0.1, 0.15) is 12.5 Å². The van der Waals surface area contributed by atoms with Crippen molar-refractivity contribution in [2.24, 2.45) is 4.99 Å². The fraction of sp³-hybridized carbons (Fsp3) is 0.261. The maximum atomic E-state index is 13.0. The van der Waals surface area contributed by atoms with Gasteiger partial charge in [0, 0.05) is 7.11 Å². The van der Waals surface area contributed by atoms with E-state index in [4.69, 9.17) is 14.2 Å². The molecule has 0 aromatic heterocycles. The van der Waals surface area contributed by atoms with E-state index in [0.717, 1.165) is 5.69 Å². The van der Waals surface area contributed by atoms with E-state index in [0.29, 0.717) is 34.5 Å². The van der Waals surface area contributed by atoms with Crippen LogP contribution in [0.4, 0.5) is 5.69 Å². The number of amidine groups is 1. The average Bonchev–Trinajstić information content (AvgIpc) is 3.07. The number of thioether (sulfide) groups is 1. The summed E-state index contributed by atoms with van der Waals surface area (Å²) in [6, 6.07) is 14.4. The van der Waals surface area contributed by atoms with E-state index in [-0.39, 0.29) is 11.7 Å². The summed E-state index contributed by atoms with van der Waals surface area (Å²) in [6.45, 7) is 2.13. The first-order valence-corrected chi connectivity index (χ1v) is 10.6.